The maximum absolute atomic E-state index is 12.5. The number of rotatable bonds is 9. The van der Waals surface area contributed by atoms with E-state index in [1.807, 2.05) is 30.5 Å². The predicted molar refractivity (Wildman–Crippen MR) is 124 cm³/mol. The standard InChI is InChI=1S/C26H27N3O3/c1-3-6-20-9-11-22(12-10-20)31-18-23-13-14-24(32-23)26(30)27-25-15-16-29(28-25)17-21-8-5-4-7-19(21)2/h4-5,7-16H,3,6,17-18H2,1-2H3,(H,27,28,30). The van der Waals surface area contributed by atoms with E-state index in [0.29, 0.717) is 18.1 Å². The summed E-state index contributed by atoms with van der Waals surface area (Å²) in [6.07, 6.45) is 4.01. The summed E-state index contributed by atoms with van der Waals surface area (Å²) in [6.45, 7) is 5.13. The molecule has 0 atom stereocenters. The first-order chi connectivity index (χ1) is 15.6. The number of carbonyl (C=O) groups is 1. The van der Waals surface area contributed by atoms with Gasteiger partial charge in [0.1, 0.15) is 18.1 Å². The van der Waals surface area contributed by atoms with Crippen molar-refractivity contribution in [1.82, 2.24) is 9.78 Å². The van der Waals surface area contributed by atoms with Gasteiger partial charge >= 0.3 is 0 Å². The molecule has 32 heavy (non-hydrogen) atoms. The van der Waals surface area contributed by atoms with Gasteiger partial charge in [0.05, 0.1) is 6.54 Å². The molecule has 164 valence electrons. The summed E-state index contributed by atoms with van der Waals surface area (Å²) in [5.74, 6) is 1.70. The molecule has 1 N–H and O–H groups in total. The number of hydrogen-bond donors (Lipinski definition) is 1. The van der Waals surface area contributed by atoms with Gasteiger partial charge in [0, 0.05) is 12.3 Å². The average Bonchev–Trinajstić information content (AvgIpc) is 3.45. The zero-order valence-corrected chi connectivity index (χ0v) is 18.4. The molecule has 0 saturated heterocycles. The van der Waals surface area contributed by atoms with E-state index in [9.17, 15) is 4.79 Å². The minimum atomic E-state index is -0.346. The van der Waals surface area contributed by atoms with Crippen molar-refractivity contribution in [2.24, 2.45) is 0 Å². The number of amides is 1. The molecular weight excluding hydrogens is 402 g/mol. The van der Waals surface area contributed by atoms with Gasteiger partial charge < -0.3 is 14.5 Å². The fraction of sp³-hybridized carbons (Fsp3) is 0.231. The largest absolute Gasteiger partial charge is 0.486 e. The summed E-state index contributed by atoms with van der Waals surface area (Å²) in [5.41, 5.74) is 3.68. The van der Waals surface area contributed by atoms with Crippen LogP contribution in [0.5, 0.6) is 5.75 Å². The second-order valence-electron chi connectivity index (χ2n) is 7.73. The zero-order chi connectivity index (χ0) is 22.3. The minimum Gasteiger partial charge on any atom is -0.486 e. The number of aromatic nitrogens is 2. The third-order valence-corrected chi connectivity index (χ3v) is 5.20. The Labute approximate surface area is 187 Å². The first-order valence-corrected chi connectivity index (χ1v) is 10.8. The Morgan fingerprint density at radius 3 is 2.66 bits per heavy atom. The van der Waals surface area contributed by atoms with E-state index in [2.05, 4.69) is 48.5 Å². The molecule has 0 aliphatic carbocycles. The van der Waals surface area contributed by atoms with Crippen molar-refractivity contribution < 1.29 is 13.9 Å². The number of aryl methyl sites for hydroxylation is 2. The molecule has 4 rings (SSSR count). The Kier molecular flexibility index (Phi) is 6.70. The number of ether oxygens (including phenoxy) is 1. The van der Waals surface area contributed by atoms with Crippen LogP contribution in [-0.2, 0) is 19.6 Å². The van der Waals surface area contributed by atoms with Crippen LogP contribution in [0, 0.1) is 6.92 Å². The minimum absolute atomic E-state index is 0.218. The molecule has 0 spiro atoms. The molecule has 0 aliphatic rings. The van der Waals surface area contributed by atoms with Gasteiger partial charge in [0.15, 0.2) is 11.6 Å². The summed E-state index contributed by atoms with van der Waals surface area (Å²) in [7, 11) is 0. The lowest BCUT2D eigenvalue weighted by Crippen LogP contribution is -2.12. The van der Waals surface area contributed by atoms with E-state index in [0.717, 1.165) is 18.6 Å². The van der Waals surface area contributed by atoms with E-state index < -0.39 is 0 Å². The summed E-state index contributed by atoms with van der Waals surface area (Å²) in [5, 5.41) is 7.21. The second kappa shape index (κ2) is 10.0. The molecule has 0 unspecified atom stereocenters. The number of furan rings is 1. The van der Waals surface area contributed by atoms with Crippen LogP contribution in [-0.4, -0.2) is 15.7 Å². The van der Waals surface area contributed by atoms with Crippen molar-refractivity contribution >= 4 is 11.7 Å². The molecule has 0 fully saturated rings. The Morgan fingerprint density at radius 2 is 1.88 bits per heavy atom. The normalized spacial score (nSPS) is 10.8. The molecule has 4 aromatic rings. The van der Waals surface area contributed by atoms with Crippen LogP contribution >= 0.6 is 0 Å². The van der Waals surface area contributed by atoms with Crippen molar-refractivity contribution in [1.29, 1.82) is 0 Å². The van der Waals surface area contributed by atoms with E-state index in [1.54, 1.807) is 22.9 Å². The van der Waals surface area contributed by atoms with Gasteiger partial charge in [0.25, 0.3) is 5.91 Å². The molecule has 1 amide bonds. The summed E-state index contributed by atoms with van der Waals surface area (Å²) in [6, 6.07) is 21.4. The van der Waals surface area contributed by atoms with Crippen LogP contribution in [0.1, 0.15) is 46.3 Å². The topological polar surface area (TPSA) is 69.3 Å². The van der Waals surface area contributed by atoms with Gasteiger partial charge in [-0.15, -0.1) is 0 Å². The molecule has 0 aliphatic heterocycles. The van der Waals surface area contributed by atoms with Gasteiger partial charge in [-0.1, -0.05) is 49.7 Å². The smallest absolute Gasteiger partial charge is 0.292 e. The number of anilines is 1. The van der Waals surface area contributed by atoms with Crippen molar-refractivity contribution in [3.8, 4) is 5.75 Å². The molecule has 0 bridgehead atoms. The van der Waals surface area contributed by atoms with E-state index in [4.69, 9.17) is 9.15 Å². The van der Waals surface area contributed by atoms with Crippen molar-refractivity contribution in [2.75, 3.05) is 5.32 Å². The van der Waals surface area contributed by atoms with Crippen LogP contribution in [0.25, 0.3) is 0 Å². The van der Waals surface area contributed by atoms with Crippen LogP contribution < -0.4 is 10.1 Å². The highest BCUT2D eigenvalue weighted by Crippen LogP contribution is 2.17. The zero-order valence-electron chi connectivity index (χ0n) is 18.4. The third kappa shape index (κ3) is 5.46. The van der Waals surface area contributed by atoms with Gasteiger partial charge in [-0.25, -0.2) is 0 Å². The van der Waals surface area contributed by atoms with E-state index >= 15 is 0 Å². The molecular formula is C26H27N3O3. The molecule has 6 heteroatoms. The Balaban J connectivity index is 1.31. The average molecular weight is 430 g/mol. The third-order valence-electron chi connectivity index (χ3n) is 5.20. The van der Waals surface area contributed by atoms with Crippen molar-refractivity contribution in [3.05, 3.63) is 101 Å². The number of benzene rings is 2. The number of hydrogen-bond acceptors (Lipinski definition) is 4. The molecule has 6 nitrogen and oxygen atoms in total. The number of nitrogens with one attached hydrogen (secondary N) is 1. The fourth-order valence-electron chi connectivity index (χ4n) is 3.43. The predicted octanol–water partition coefficient (Wildman–Crippen LogP) is 5.62. The fourth-order valence-corrected chi connectivity index (χ4v) is 3.43. The molecule has 2 heterocycles. The van der Waals surface area contributed by atoms with Crippen molar-refractivity contribution in [3.63, 3.8) is 0 Å². The highest BCUT2D eigenvalue weighted by atomic mass is 16.5. The Hall–Kier alpha value is -3.80. The van der Waals surface area contributed by atoms with Crippen molar-refractivity contribution in [2.45, 2.75) is 39.8 Å². The van der Waals surface area contributed by atoms with Crippen LogP contribution in [0.3, 0.4) is 0 Å². The maximum Gasteiger partial charge on any atom is 0.292 e. The second-order valence-corrected chi connectivity index (χ2v) is 7.73. The van der Waals surface area contributed by atoms with Crippen LogP contribution in [0.4, 0.5) is 5.82 Å². The summed E-state index contributed by atoms with van der Waals surface area (Å²) < 4.78 is 13.2. The summed E-state index contributed by atoms with van der Waals surface area (Å²) in [4.78, 5) is 12.5. The van der Waals surface area contributed by atoms with Crippen LogP contribution in [0.15, 0.2) is 77.3 Å². The number of carbonyl (C=O) groups excluding carboxylic acids is 1. The van der Waals surface area contributed by atoms with Gasteiger partial charge in [-0.2, -0.15) is 5.10 Å². The Morgan fingerprint density at radius 1 is 1.06 bits per heavy atom. The van der Waals surface area contributed by atoms with Gasteiger partial charge in [-0.3, -0.25) is 9.48 Å². The molecule has 2 aromatic heterocycles. The maximum atomic E-state index is 12.5. The van der Waals surface area contributed by atoms with Gasteiger partial charge in [-0.05, 0) is 54.3 Å². The SMILES string of the molecule is CCCc1ccc(OCc2ccc(C(=O)Nc3ccn(Cc4ccccc4C)n3)o2)cc1. The highest BCUT2D eigenvalue weighted by Gasteiger charge is 2.13. The van der Waals surface area contributed by atoms with Crippen LogP contribution in [0.2, 0.25) is 0 Å². The first-order valence-electron chi connectivity index (χ1n) is 10.8. The quantitative estimate of drug-likeness (QED) is 0.375. The monoisotopic (exact) mass is 429 g/mol. The van der Waals surface area contributed by atoms with E-state index in [-0.39, 0.29) is 18.3 Å². The highest BCUT2D eigenvalue weighted by molar-refractivity contribution is 6.01. The number of nitrogens with zero attached hydrogens (tertiary/aromatic N) is 2. The first kappa shape index (κ1) is 21.4. The molecule has 0 saturated carbocycles. The lowest BCUT2D eigenvalue weighted by molar-refractivity contribution is 0.0992. The Bertz CT molecular complexity index is 1180. The molecule has 0 radical (unpaired) electrons. The molecule has 2 aromatic carbocycles. The van der Waals surface area contributed by atoms with Gasteiger partial charge in [0.2, 0.25) is 0 Å². The summed E-state index contributed by atoms with van der Waals surface area (Å²) >= 11 is 0. The van der Waals surface area contributed by atoms with E-state index in [1.165, 1.54) is 16.7 Å². The lowest BCUT2D eigenvalue weighted by atomic mass is 10.1. The lowest BCUT2D eigenvalue weighted by Gasteiger charge is -2.06.